The van der Waals surface area contributed by atoms with E-state index in [1.807, 2.05) is 66.2 Å². The molecule has 1 aliphatic rings. The number of benzene rings is 3. The largest absolute Gasteiger partial charge is 0.361 e. The van der Waals surface area contributed by atoms with Gasteiger partial charge in [-0.25, -0.2) is 4.98 Å². The number of amides is 5. The van der Waals surface area contributed by atoms with Crippen LogP contribution in [0.1, 0.15) is 28.4 Å². The molecule has 0 unspecified atom stereocenters. The molecule has 1 aliphatic heterocycles. The molecule has 0 bridgehead atoms. The van der Waals surface area contributed by atoms with Gasteiger partial charge in [0.25, 0.3) is 5.91 Å². The molecule has 6 rings (SSSR count). The summed E-state index contributed by atoms with van der Waals surface area (Å²) >= 11 is 0. The maximum absolute atomic E-state index is 14.1. The Morgan fingerprint density at radius 2 is 1.64 bits per heavy atom. The predicted octanol–water partition coefficient (Wildman–Crippen LogP) is 1.93. The smallest absolute Gasteiger partial charge is 0.254 e. The zero-order valence-electron chi connectivity index (χ0n) is 28.2. The van der Waals surface area contributed by atoms with Crippen LogP contribution in [0.25, 0.3) is 21.9 Å². The first kappa shape index (κ1) is 33.9. The number of aromatic nitrogens is 3. The number of hydrogen-bond acceptors (Lipinski definition) is 6. The van der Waals surface area contributed by atoms with Crippen LogP contribution in [0.4, 0.5) is 0 Å². The van der Waals surface area contributed by atoms with Crippen molar-refractivity contribution in [1.29, 1.82) is 0 Å². The lowest BCUT2D eigenvalue weighted by Gasteiger charge is -2.30. The molecule has 3 atom stereocenters. The van der Waals surface area contributed by atoms with Gasteiger partial charge in [-0.05, 0) is 42.3 Å². The molecule has 0 spiro atoms. The van der Waals surface area contributed by atoms with Crippen LogP contribution in [-0.2, 0) is 39.1 Å². The third kappa shape index (κ3) is 7.36. The van der Waals surface area contributed by atoms with Gasteiger partial charge >= 0.3 is 0 Å². The molecule has 5 aromatic rings. The summed E-state index contributed by atoms with van der Waals surface area (Å²) in [6.45, 7) is 1.20. The molecule has 50 heavy (non-hydrogen) atoms. The molecule has 0 saturated carbocycles. The number of hydrogen-bond donors (Lipinski definition) is 4. The Balaban J connectivity index is 1.32. The second-order valence-electron chi connectivity index (χ2n) is 12.6. The van der Waals surface area contributed by atoms with E-state index in [0.29, 0.717) is 11.1 Å². The number of aryl methyl sites for hydroxylation is 1. The normalized spacial score (nSPS) is 19.9. The fourth-order valence-electron chi connectivity index (χ4n) is 6.24. The van der Waals surface area contributed by atoms with Crippen LogP contribution < -0.4 is 16.0 Å². The number of carbonyl (C=O) groups is 5. The van der Waals surface area contributed by atoms with E-state index in [4.69, 9.17) is 0 Å². The van der Waals surface area contributed by atoms with Crippen molar-refractivity contribution < 1.29 is 24.0 Å². The molecule has 3 heterocycles. The van der Waals surface area contributed by atoms with Crippen LogP contribution in [-0.4, -0.2) is 98.7 Å². The van der Waals surface area contributed by atoms with Gasteiger partial charge in [0.2, 0.25) is 23.6 Å². The standard InChI is InChI=1S/C37H40N8O5/c1-23-34(47)42-30(17-24-9-5-4-6-10-24)35(48)38-15-16-45(36(49)25-13-14-32-29(18-25)40-22-43(32)2)21-33(46)41-31(37(50)44(23)3)19-26-20-39-28-12-8-7-11-27(26)28/h4-14,18,20,22-23,30-31,39H,15-17,19,21H2,1-3H3,(H,38,48)(H,41,46)(H,42,47)/t23-,30-,31-/m0/s1. The number of nitrogens with one attached hydrogen (secondary N) is 4. The monoisotopic (exact) mass is 676 g/mol. The van der Waals surface area contributed by atoms with Crippen LogP contribution in [0.2, 0.25) is 0 Å². The van der Waals surface area contributed by atoms with Crippen molar-refractivity contribution in [3.8, 4) is 0 Å². The van der Waals surface area contributed by atoms with Gasteiger partial charge in [-0.2, -0.15) is 0 Å². The van der Waals surface area contributed by atoms with Gasteiger partial charge in [-0.15, -0.1) is 0 Å². The summed E-state index contributed by atoms with van der Waals surface area (Å²) in [4.78, 5) is 79.1. The molecule has 2 aromatic heterocycles. The number of nitrogens with zero attached hydrogens (tertiary/aromatic N) is 4. The summed E-state index contributed by atoms with van der Waals surface area (Å²) in [7, 11) is 3.35. The van der Waals surface area contributed by atoms with Crippen molar-refractivity contribution >= 4 is 51.5 Å². The van der Waals surface area contributed by atoms with Crippen LogP contribution in [0.3, 0.4) is 0 Å². The quantitative estimate of drug-likeness (QED) is 0.223. The summed E-state index contributed by atoms with van der Waals surface area (Å²) in [5, 5.41) is 9.42. The Hall–Kier alpha value is -5.98. The first-order valence-corrected chi connectivity index (χ1v) is 16.5. The number of aromatic amines is 1. The minimum absolute atomic E-state index is 0.0119. The second kappa shape index (κ2) is 14.6. The van der Waals surface area contributed by atoms with Gasteiger partial charge in [0.05, 0.1) is 23.9 Å². The summed E-state index contributed by atoms with van der Waals surface area (Å²) in [5.74, 6) is -2.48. The fourth-order valence-corrected chi connectivity index (χ4v) is 6.24. The second-order valence-corrected chi connectivity index (χ2v) is 12.6. The van der Waals surface area contributed by atoms with E-state index in [9.17, 15) is 24.0 Å². The summed E-state index contributed by atoms with van der Waals surface area (Å²) in [6.07, 6.45) is 3.79. The molecule has 0 radical (unpaired) electrons. The van der Waals surface area contributed by atoms with Crippen molar-refractivity contribution in [3.63, 3.8) is 0 Å². The number of rotatable bonds is 5. The molecule has 13 heteroatoms. The Bertz CT molecular complexity index is 2050. The minimum atomic E-state index is -1.06. The number of likely N-dealkylation sites (N-methyl/N-ethyl adjacent to an activating group) is 1. The Morgan fingerprint density at radius 1 is 0.880 bits per heavy atom. The van der Waals surface area contributed by atoms with Gasteiger partial charge in [0.1, 0.15) is 18.1 Å². The van der Waals surface area contributed by atoms with Gasteiger partial charge in [-0.1, -0.05) is 48.5 Å². The molecular weight excluding hydrogens is 636 g/mol. The Morgan fingerprint density at radius 3 is 2.44 bits per heavy atom. The van der Waals surface area contributed by atoms with E-state index in [1.54, 1.807) is 37.6 Å². The predicted molar refractivity (Wildman–Crippen MR) is 188 cm³/mol. The summed E-state index contributed by atoms with van der Waals surface area (Å²) in [6, 6.07) is 19.0. The van der Waals surface area contributed by atoms with E-state index in [1.165, 1.54) is 16.8 Å². The van der Waals surface area contributed by atoms with Crippen LogP contribution in [0, 0.1) is 0 Å². The number of carbonyl (C=O) groups excluding carboxylic acids is 5. The van der Waals surface area contributed by atoms with Crippen molar-refractivity contribution in [3.05, 3.63) is 102 Å². The van der Waals surface area contributed by atoms with E-state index in [0.717, 1.165) is 27.5 Å². The zero-order valence-corrected chi connectivity index (χ0v) is 28.2. The van der Waals surface area contributed by atoms with Crippen molar-refractivity contribution in [2.24, 2.45) is 7.05 Å². The molecule has 0 aliphatic carbocycles. The molecule has 4 N–H and O–H groups in total. The fraction of sp³-hybridized carbons (Fsp3) is 0.297. The lowest BCUT2D eigenvalue weighted by Crippen LogP contribution is -2.57. The Kier molecular flexibility index (Phi) is 9.93. The average molecular weight is 677 g/mol. The maximum atomic E-state index is 14.1. The Labute approximate surface area is 289 Å². The molecule has 13 nitrogen and oxygen atoms in total. The van der Waals surface area contributed by atoms with E-state index in [2.05, 4.69) is 25.9 Å². The van der Waals surface area contributed by atoms with E-state index in [-0.39, 0.29) is 32.5 Å². The molecule has 3 aromatic carbocycles. The van der Waals surface area contributed by atoms with Gasteiger partial charge in [-0.3, -0.25) is 24.0 Å². The highest BCUT2D eigenvalue weighted by Gasteiger charge is 2.33. The summed E-state index contributed by atoms with van der Waals surface area (Å²) in [5.41, 5.74) is 4.29. The third-order valence-electron chi connectivity index (χ3n) is 9.23. The average Bonchev–Trinajstić information content (AvgIpc) is 3.71. The SMILES string of the molecule is C[C@H]1C(=O)N[C@@H](Cc2ccccc2)C(=O)NCCN(C(=O)c2ccc3c(c2)ncn3C)CC(=O)N[C@@H](Cc2c[nH]c3ccccc23)C(=O)N1C. The van der Waals surface area contributed by atoms with Gasteiger partial charge in [0, 0.05) is 62.7 Å². The molecule has 258 valence electrons. The van der Waals surface area contributed by atoms with Crippen molar-refractivity contribution in [2.45, 2.75) is 37.9 Å². The third-order valence-corrected chi connectivity index (χ3v) is 9.23. The number of imidazole rings is 1. The molecule has 5 amide bonds. The highest BCUT2D eigenvalue weighted by Crippen LogP contribution is 2.21. The van der Waals surface area contributed by atoms with Crippen LogP contribution >= 0.6 is 0 Å². The number of para-hydroxylation sites is 1. The number of H-pyrrole nitrogens is 1. The molecule has 1 saturated heterocycles. The lowest BCUT2D eigenvalue weighted by atomic mass is 10.0. The molecular formula is C37H40N8O5. The van der Waals surface area contributed by atoms with Gasteiger partial charge in [0.15, 0.2) is 0 Å². The highest BCUT2D eigenvalue weighted by atomic mass is 16.2. The summed E-state index contributed by atoms with van der Waals surface area (Å²) < 4.78 is 1.84. The van der Waals surface area contributed by atoms with Gasteiger partial charge < -0.3 is 35.3 Å². The van der Waals surface area contributed by atoms with Crippen LogP contribution in [0.5, 0.6) is 0 Å². The topological polar surface area (TPSA) is 162 Å². The van der Waals surface area contributed by atoms with E-state index >= 15 is 0 Å². The highest BCUT2D eigenvalue weighted by molar-refractivity contribution is 6.00. The first-order chi connectivity index (χ1) is 24.1. The maximum Gasteiger partial charge on any atom is 0.254 e. The number of fused-ring (bicyclic) bond motifs is 2. The minimum Gasteiger partial charge on any atom is -0.361 e. The zero-order chi connectivity index (χ0) is 35.4. The van der Waals surface area contributed by atoms with Crippen molar-refractivity contribution in [1.82, 2.24) is 40.3 Å². The van der Waals surface area contributed by atoms with E-state index < -0.39 is 47.7 Å². The van der Waals surface area contributed by atoms with Crippen molar-refractivity contribution in [2.75, 3.05) is 26.7 Å². The van der Waals surface area contributed by atoms with Crippen LogP contribution in [0.15, 0.2) is 85.3 Å². The molecule has 1 fully saturated rings. The lowest BCUT2D eigenvalue weighted by molar-refractivity contribution is -0.142. The first-order valence-electron chi connectivity index (χ1n) is 16.5.